The summed E-state index contributed by atoms with van der Waals surface area (Å²) in [5.41, 5.74) is 2.97. The highest BCUT2D eigenvalue weighted by Crippen LogP contribution is 2.37. The SMILES string of the molecule is CC(C)=C1Oc2cc(OC(=O)Cc3ccccc3)cc(C)c2C1=O. The van der Waals surface area contributed by atoms with E-state index in [-0.39, 0.29) is 18.2 Å². The molecule has 0 fully saturated rings. The van der Waals surface area contributed by atoms with Gasteiger partial charge in [-0.25, -0.2) is 0 Å². The Morgan fingerprint density at radius 2 is 1.83 bits per heavy atom. The summed E-state index contributed by atoms with van der Waals surface area (Å²) in [6, 6.07) is 12.7. The molecule has 24 heavy (non-hydrogen) atoms. The summed E-state index contributed by atoms with van der Waals surface area (Å²) < 4.78 is 11.0. The predicted molar refractivity (Wildman–Crippen MR) is 90.3 cm³/mol. The number of hydrogen-bond donors (Lipinski definition) is 0. The average molecular weight is 322 g/mol. The van der Waals surface area contributed by atoms with Gasteiger partial charge in [0.25, 0.3) is 0 Å². The second-order valence-electron chi connectivity index (χ2n) is 6.01. The van der Waals surface area contributed by atoms with Crippen LogP contribution in [0.4, 0.5) is 0 Å². The normalized spacial score (nSPS) is 12.6. The summed E-state index contributed by atoms with van der Waals surface area (Å²) in [5.74, 6) is 0.700. The molecule has 0 radical (unpaired) electrons. The van der Waals surface area contributed by atoms with Crippen LogP contribution in [0.25, 0.3) is 0 Å². The van der Waals surface area contributed by atoms with E-state index in [1.165, 1.54) is 0 Å². The lowest BCUT2D eigenvalue weighted by atomic mass is 10.0. The number of fused-ring (bicyclic) bond motifs is 1. The molecular weight excluding hydrogens is 304 g/mol. The van der Waals surface area contributed by atoms with Crippen LogP contribution in [0.5, 0.6) is 11.5 Å². The van der Waals surface area contributed by atoms with Gasteiger partial charge in [-0.05, 0) is 43.5 Å². The molecule has 1 heterocycles. The van der Waals surface area contributed by atoms with Crippen molar-refractivity contribution in [2.75, 3.05) is 0 Å². The zero-order valence-corrected chi connectivity index (χ0v) is 13.9. The van der Waals surface area contributed by atoms with Crippen molar-refractivity contribution in [3.8, 4) is 11.5 Å². The van der Waals surface area contributed by atoms with Crippen molar-refractivity contribution >= 4 is 11.8 Å². The molecule has 0 aromatic heterocycles. The Kier molecular flexibility index (Phi) is 4.21. The Hall–Kier alpha value is -2.88. The zero-order chi connectivity index (χ0) is 17.3. The first-order valence-electron chi connectivity index (χ1n) is 7.75. The molecule has 1 aliphatic rings. The summed E-state index contributed by atoms with van der Waals surface area (Å²) in [6.07, 6.45) is 0.190. The molecular formula is C20H18O4. The first-order valence-corrected chi connectivity index (χ1v) is 7.75. The minimum Gasteiger partial charge on any atom is -0.452 e. The Balaban J connectivity index is 1.81. The lowest BCUT2D eigenvalue weighted by Crippen LogP contribution is -2.11. The monoisotopic (exact) mass is 322 g/mol. The number of carbonyl (C=O) groups is 2. The molecule has 1 aliphatic heterocycles. The van der Waals surface area contributed by atoms with E-state index < -0.39 is 0 Å². The van der Waals surface area contributed by atoms with Gasteiger partial charge in [-0.1, -0.05) is 30.3 Å². The topological polar surface area (TPSA) is 52.6 Å². The summed E-state index contributed by atoms with van der Waals surface area (Å²) in [6.45, 7) is 5.47. The highest BCUT2D eigenvalue weighted by molar-refractivity contribution is 6.13. The van der Waals surface area contributed by atoms with Gasteiger partial charge in [0.05, 0.1) is 12.0 Å². The lowest BCUT2D eigenvalue weighted by molar-refractivity contribution is -0.133. The van der Waals surface area contributed by atoms with Crippen molar-refractivity contribution in [3.63, 3.8) is 0 Å². The van der Waals surface area contributed by atoms with E-state index in [0.717, 1.165) is 16.7 Å². The molecule has 0 atom stereocenters. The predicted octanol–water partition coefficient (Wildman–Crippen LogP) is 4.01. The number of ether oxygens (including phenoxy) is 2. The molecule has 0 N–H and O–H groups in total. The molecule has 2 aromatic rings. The molecule has 0 saturated heterocycles. The average Bonchev–Trinajstić information content (AvgIpc) is 2.85. The molecule has 0 bridgehead atoms. The number of Topliss-reactive ketones (excluding diaryl/α,β-unsaturated/α-hetero) is 1. The van der Waals surface area contributed by atoms with E-state index in [2.05, 4.69) is 0 Å². The van der Waals surface area contributed by atoms with E-state index in [1.807, 2.05) is 51.1 Å². The molecule has 0 saturated carbocycles. The van der Waals surface area contributed by atoms with Gasteiger partial charge in [0.15, 0.2) is 5.76 Å². The van der Waals surface area contributed by atoms with Crippen molar-refractivity contribution in [1.29, 1.82) is 0 Å². The minimum atomic E-state index is -0.354. The van der Waals surface area contributed by atoms with Gasteiger partial charge in [-0.3, -0.25) is 9.59 Å². The number of aryl methyl sites for hydroxylation is 1. The molecule has 2 aromatic carbocycles. The third-order valence-electron chi connectivity index (χ3n) is 3.80. The summed E-state index contributed by atoms with van der Waals surface area (Å²) in [4.78, 5) is 24.4. The van der Waals surface area contributed by atoms with Crippen LogP contribution < -0.4 is 9.47 Å². The standard InChI is InChI=1S/C20H18O4/c1-12(2)20-19(22)18-13(3)9-15(11-16(18)24-20)23-17(21)10-14-7-5-4-6-8-14/h4-9,11H,10H2,1-3H3. The number of carbonyl (C=O) groups excluding carboxylic acids is 2. The highest BCUT2D eigenvalue weighted by atomic mass is 16.5. The minimum absolute atomic E-state index is 0.121. The summed E-state index contributed by atoms with van der Waals surface area (Å²) in [5, 5.41) is 0. The molecule has 0 unspecified atom stereocenters. The number of esters is 1. The van der Waals surface area contributed by atoms with E-state index in [0.29, 0.717) is 22.8 Å². The maximum Gasteiger partial charge on any atom is 0.315 e. The first kappa shape index (κ1) is 16.0. The van der Waals surface area contributed by atoms with Crippen molar-refractivity contribution in [1.82, 2.24) is 0 Å². The van der Waals surface area contributed by atoms with E-state index in [1.54, 1.807) is 12.1 Å². The van der Waals surface area contributed by atoms with Crippen LogP contribution in [-0.4, -0.2) is 11.8 Å². The second-order valence-corrected chi connectivity index (χ2v) is 6.01. The van der Waals surface area contributed by atoms with Gasteiger partial charge in [0, 0.05) is 6.07 Å². The van der Waals surface area contributed by atoms with Gasteiger partial charge in [0.2, 0.25) is 5.78 Å². The number of rotatable bonds is 3. The third-order valence-corrected chi connectivity index (χ3v) is 3.80. The first-order chi connectivity index (χ1) is 11.5. The number of benzene rings is 2. The van der Waals surface area contributed by atoms with Crippen molar-refractivity contribution < 1.29 is 19.1 Å². The van der Waals surface area contributed by atoms with Gasteiger partial charge in [0.1, 0.15) is 11.5 Å². The van der Waals surface area contributed by atoms with Gasteiger partial charge in [-0.15, -0.1) is 0 Å². The Morgan fingerprint density at radius 1 is 1.12 bits per heavy atom. The quantitative estimate of drug-likeness (QED) is 0.487. The maximum atomic E-state index is 12.3. The maximum absolute atomic E-state index is 12.3. The fourth-order valence-corrected chi connectivity index (χ4v) is 2.68. The summed E-state index contributed by atoms with van der Waals surface area (Å²) >= 11 is 0. The van der Waals surface area contributed by atoms with E-state index in [9.17, 15) is 9.59 Å². The van der Waals surface area contributed by atoms with Gasteiger partial charge < -0.3 is 9.47 Å². The third kappa shape index (κ3) is 3.08. The van der Waals surface area contributed by atoms with Crippen LogP contribution >= 0.6 is 0 Å². The van der Waals surface area contributed by atoms with Crippen molar-refractivity contribution in [2.45, 2.75) is 27.2 Å². The van der Waals surface area contributed by atoms with Gasteiger partial charge >= 0.3 is 5.97 Å². The van der Waals surface area contributed by atoms with Crippen LogP contribution in [0, 0.1) is 6.92 Å². The van der Waals surface area contributed by atoms with Crippen LogP contribution in [0.3, 0.4) is 0 Å². The molecule has 4 heteroatoms. The smallest absolute Gasteiger partial charge is 0.315 e. The Bertz CT molecular complexity index is 843. The molecule has 0 aliphatic carbocycles. The zero-order valence-electron chi connectivity index (χ0n) is 13.9. The fourth-order valence-electron chi connectivity index (χ4n) is 2.68. The van der Waals surface area contributed by atoms with Crippen molar-refractivity contribution in [2.24, 2.45) is 0 Å². The lowest BCUT2D eigenvalue weighted by Gasteiger charge is -2.08. The van der Waals surface area contributed by atoms with E-state index >= 15 is 0 Å². The molecule has 3 rings (SSSR count). The van der Waals surface area contributed by atoms with Crippen LogP contribution in [0.2, 0.25) is 0 Å². The van der Waals surface area contributed by atoms with Crippen LogP contribution in [0.1, 0.15) is 35.3 Å². The van der Waals surface area contributed by atoms with Crippen molar-refractivity contribution in [3.05, 3.63) is 70.5 Å². The van der Waals surface area contributed by atoms with Crippen LogP contribution in [0.15, 0.2) is 53.8 Å². The van der Waals surface area contributed by atoms with Crippen LogP contribution in [-0.2, 0) is 11.2 Å². The number of allylic oxidation sites excluding steroid dienone is 2. The second kappa shape index (κ2) is 6.32. The van der Waals surface area contributed by atoms with Gasteiger partial charge in [-0.2, -0.15) is 0 Å². The molecule has 122 valence electrons. The number of ketones is 1. The highest BCUT2D eigenvalue weighted by Gasteiger charge is 2.30. The molecule has 0 spiro atoms. The van der Waals surface area contributed by atoms with E-state index in [4.69, 9.17) is 9.47 Å². The number of hydrogen-bond acceptors (Lipinski definition) is 4. The summed E-state index contributed by atoms with van der Waals surface area (Å²) in [7, 11) is 0. The fraction of sp³-hybridized carbons (Fsp3) is 0.200. The Labute approximate surface area is 140 Å². The largest absolute Gasteiger partial charge is 0.452 e. The Morgan fingerprint density at radius 3 is 2.50 bits per heavy atom. The molecule has 0 amide bonds. The molecule has 4 nitrogen and oxygen atoms in total.